The number of benzene rings is 1. The fraction of sp³-hybridized carbons (Fsp3) is 0.412. The summed E-state index contributed by atoms with van der Waals surface area (Å²) in [6.45, 7) is 10.8. The summed E-state index contributed by atoms with van der Waals surface area (Å²) in [5, 5.41) is 0.526. The van der Waals surface area contributed by atoms with Crippen molar-refractivity contribution >= 4 is 34.2 Å². The van der Waals surface area contributed by atoms with Gasteiger partial charge >= 0.3 is 0 Å². The summed E-state index contributed by atoms with van der Waals surface area (Å²) >= 11 is 8.52. The number of halogens is 2. The summed E-state index contributed by atoms with van der Waals surface area (Å²) in [5.74, 6) is 1.21. The standard InChI is InChI=1S/C17H20ClIN2/c1-10(2)11-6-8-12(9-7-11)16-20-14(17(3,4)5)13(19)15(18)21-16/h6-10H,1-5H3. The molecule has 112 valence electrons. The molecule has 0 N–H and O–H groups in total. The van der Waals surface area contributed by atoms with E-state index >= 15 is 0 Å². The van der Waals surface area contributed by atoms with Crippen molar-refractivity contribution in [2.75, 3.05) is 0 Å². The van der Waals surface area contributed by atoms with E-state index < -0.39 is 0 Å². The average molecular weight is 415 g/mol. The summed E-state index contributed by atoms with van der Waals surface area (Å²) in [6, 6.07) is 8.40. The van der Waals surface area contributed by atoms with E-state index in [2.05, 4.69) is 86.5 Å². The van der Waals surface area contributed by atoms with Crippen molar-refractivity contribution in [1.29, 1.82) is 0 Å². The van der Waals surface area contributed by atoms with Crippen LogP contribution in [0.1, 0.15) is 51.8 Å². The van der Waals surface area contributed by atoms with Gasteiger partial charge < -0.3 is 0 Å². The van der Waals surface area contributed by atoms with Crippen molar-refractivity contribution in [3.63, 3.8) is 0 Å². The van der Waals surface area contributed by atoms with Gasteiger partial charge in [0.2, 0.25) is 0 Å². The van der Waals surface area contributed by atoms with Gasteiger partial charge in [0.15, 0.2) is 5.82 Å². The molecule has 2 rings (SSSR count). The van der Waals surface area contributed by atoms with Gasteiger partial charge in [-0.1, -0.05) is 70.5 Å². The van der Waals surface area contributed by atoms with E-state index in [1.807, 2.05) is 0 Å². The lowest BCUT2D eigenvalue weighted by Crippen LogP contribution is -2.17. The molecular weight excluding hydrogens is 395 g/mol. The van der Waals surface area contributed by atoms with Crippen LogP contribution in [0.3, 0.4) is 0 Å². The van der Waals surface area contributed by atoms with Gasteiger partial charge in [-0.15, -0.1) is 0 Å². The Morgan fingerprint density at radius 2 is 1.62 bits per heavy atom. The molecular formula is C17H20ClIN2. The van der Waals surface area contributed by atoms with Crippen molar-refractivity contribution in [2.24, 2.45) is 0 Å². The smallest absolute Gasteiger partial charge is 0.161 e. The van der Waals surface area contributed by atoms with E-state index in [0.717, 1.165) is 14.8 Å². The van der Waals surface area contributed by atoms with Crippen LogP contribution in [0.5, 0.6) is 0 Å². The van der Waals surface area contributed by atoms with Gasteiger partial charge in [0.1, 0.15) is 5.15 Å². The average Bonchev–Trinajstić information content (AvgIpc) is 2.40. The predicted octanol–water partition coefficient (Wildman–Crippen LogP) is 5.82. The van der Waals surface area contributed by atoms with Gasteiger partial charge in [-0.05, 0) is 34.1 Å². The number of aromatic nitrogens is 2. The zero-order chi connectivity index (χ0) is 15.8. The first-order valence-electron chi connectivity index (χ1n) is 7.04. The molecule has 0 aliphatic heterocycles. The van der Waals surface area contributed by atoms with Gasteiger partial charge in [0, 0.05) is 11.0 Å². The Morgan fingerprint density at radius 1 is 1.05 bits per heavy atom. The van der Waals surface area contributed by atoms with Crippen LogP contribution in [0.25, 0.3) is 11.4 Å². The molecule has 0 aliphatic carbocycles. The predicted molar refractivity (Wildman–Crippen MR) is 98.0 cm³/mol. The Bertz CT molecular complexity index is 643. The minimum atomic E-state index is -0.0598. The number of hydrogen-bond donors (Lipinski definition) is 0. The maximum Gasteiger partial charge on any atom is 0.161 e. The third kappa shape index (κ3) is 3.75. The molecule has 0 amide bonds. The van der Waals surface area contributed by atoms with E-state index in [1.165, 1.54) is 5.56 Å². The van der Waals surface area contributed by atoms with E-state index in [4.69, 9.17) is 16.6 Å². The summed E-state index contributed by atoms with van der Waals surface area (Å²) < 4.78 is 0.935. The van der Waals surface area contributed by atoms with Gasteiger partial charge in [-0.2, -0.15) is 0 Å². The van der Waals surface area contributed by atoms with Crippen molar-refractivity contribution in [1.82, 2.24) is 9.97 Å². The van der Waals surface area contributed by atoms with Crippen molar-refractivity contribution in [3.8, 4) is 11.4 Å². The molecule has 21 heavy (non-hydrogen) atoms. The Balaban J connectivity index is 2.52. The minimum Gasteiger partial charge on any atom is -0.231 e. The number of hydrogen-bond acceptors (Lipinski definition) is 2. The van der Waals surface area contributed by atoms with Gasteiger partial charge in [0.25, 0.3) is 0 Å². The molecule has 0 radical (unpaired) electrons. The van der Waals surface area contributed by atoms with Crippen LogP contribution in [0.2, 0.25) is 5.15 Å². The molecule has 0 aliphatic rings. The Kier molecular flexibility index (Phi) is 4.93. The molecule has 0 atom stereocenters. The van der Waals surface area contributed by atoms with Crippen molar-refractivity contribution < 1.29 is 0 Å². The first-order valence-corrected chi connectivity index (χ1v) is 8.49. The Labute approximate surface area is 145 Å². The van der Waals surface area contributed by atoms with Crippen LogP contribution in [-0.4, -0.2) is 9.97 Å². The highest BCUT2D eigenvalue weighted by Crippen LogP contribution is 2.31. The molecule has 2 aromatic rings. The van der Waals surface area contributed by atoms with E-state index in [9.17, 15) is 0 Å². The van der Waals surface area contributed by atoms with Gasteiger partial charge in [-0.25, -0.2) is 9.97 Å². The van der Waals surface area contributed by atoms with Crippen molar-refractivity contribution in [2.45, 2.75) is 46.0 Å². The van der Waals surface area contributed by atoms with Crippen LogP contribution in [-0.2, 0) is 5.41 Å². The molecule has 0 saturated heterocycles. The minimum absolute atomic E-state index is 0.0598. The molecule has 0 saturated carbocycles. The van der Waals surface area contributed by atoms with Gasteiger partial charge in [-0.3, -0.25) is 0 Å². The SMILES string of the molecule is CC(C)c1ccc(-c2nc(Cl)c(I)c(C(C)(C)C)n2)cc1. The molecule has 2 nitrogen and oxygen atoms in total. The second-order valence-electron chi connectivity index (χ2n) is 6.53. The first-order chi connectivity index (χ1) is 9.70. The monoisotopic (exact) mass is 414 g/mol. The summed E-state index contributed by atoms with van der Waals surface area (Å²) in [6.07, 6.45) is 0. The van der Waals surface area contributed by atoms with Crippen LogP contribution in [0.4, 0.5) is 0 Å². The second-order valence-corrected chi connectivity index (χ2v) is 7.96. The van der Waals surface area contributed by atoms with Crippen molar-refractivity contribution in [3.05, 3.63) is 44.2 Å². The fourth-order valence-corrected chi connectivity index (χ4v) is 3.28. The highest BCUT2D eigenvalue weighted by molar-refractivity contribution is 14.1. The zero-order valence-electron chi connectivity index (χ0n) is 13.0. The highest BCUT2D eigenvalue weighted by atomic mass is 127. The summed E-state index contributed by atoms with van der Waals surface area (Å²) in [4.78, 5) is 9.18. The summed E-state index contributed by atoms with van der Waals surface area (Å²) in [7, 11) is 0. The lowest BCUT2D eigenvalue weighted by atomic mass is 9.92. The quantitative estimate of drug-likeness (QED) is 0.457. The van der Waals surface area contributed by atoms with Crippen LogP contribution >= 0.6 is 34.2 Å². The lowest BCUT2D eigenvalue weighted by Gasteiger charge is -2.20. The molecule has 0 fully saturated rings. The largest absolute Gasteiger partial charge is 0.231 e. The Morgan fingerprint density at radius 3 is 2.10 bits per heavy atom. The van der Waals surface area contributed by atoms with Crippen LogP contribution in [0, 0.1) is 3.57 Å². The normalized spacial score (nSPS) is 12.0. The third-order valence-electron chi connectivity index (χ3n) is 3.36. The molecule has 0 unspecified atom stereocenters. The van der Waals surface area contributed by atoms with E-state index in [0.29, 0.717) is 16.9 Å². The molecule has 0 bridgehead atoms. The Hall–Kier alpha value is -0.680. The zero-order valence-corrected chi connectivity index (χ0v) is 16.0. The molecule has 0 spiro atoms. The fourth-order valence-electron chi connectivity index (χ4n) is 2.06. The van der Waals surface area contributed by atoms with Crippen LogP contribution in [0.15, 0.2) is 24.3 Å². The second kappa shape index (κ2) is 6.21. The van der Waals surface area contributed by atoms with E-state index in [1.54, 1.807) is 0 Å². The first kappa shape index (κ1) is 16.7. The maximum atomic E-state index is 6.30. The molecule has 1 aromatic carbocycles. The number of rotatable bonds is 2. The summed E-state index contributed by atoms with van der Waals surface area (Å²) in [5.41, 5.74) is 3.25. The third-order valence-corrected chi connectivity index (χ3v) is 4.97. The maximum absolute atomic E-state index is 6.30. The molecule has 1 heterocycles. The van der Waals surface area contributed by atoms with Gasteiger partial charge in [0.05, 0.1) is 9.26 Å². The topological polar surface area (TPSA) is 25.8 Å². The highest BCUT2D eigenvalue weighted by Gasteiger charge is 2.23. The van der Waals surface area contributed by atoms with Crippen LogP contribution < -0.4 is 0 Å². The molecule has 4 heteroatoms. The number of nitrogens with zero attached hydrogens (tertiary/aromatic N) is 2. The van der Waals surface area contributed by atoms with E-state index in [-0.39, 0.29) is 5.41 Å². The lowest BCUT2D eigenvalue weighted by molar-refractivity contribution is 0.563. The molecule has 1 aromatic heterocycles.